The van der Waals surface area contributed by atoms with Crippen LogP contribution < -0.4 is 14.4 Å². The number of nitrogens with one attached hydrogen (secondary N) is 1. The number of amides is 2. The van der Waals surface area contributed by atoms with Gasteiger partial charge in [0.25, 0.3) is 11.8 Å². The number of halogens is 1. The van der Waals surface area contributed by atoms with Crippen LogP contribution in [-0.2, 0) is 43.1 Å². The molecule has 3 heterocycles. The molecular weight excluding hydrogens is 690 g/mol. The molecule has 1 N–H and O–H groups in total. The summed E-state index contributed by atoms with van der Waals surface area (Å²) in [5, 5.41) is 4.90. The van der Waals surface area contributed by atoms with Crippen molar-refractivity contribution in [3.05, 3.63) is 82.2 Å². The van der Waals surface area contributed by atoms with E-state index in [0.717, 1.165) is 42.8 Å². The molecule has 2 bridgehead atoms. The number of ether oxygens (including phenoxy) is 3. The SMILES string of the molecule is CO[C@@H]1C=CCOC(C)(C)C(=O)N=[S@@](=O)(NC(=O)c2cnn(C)c2C)c2ccc3c(c2)N(C[C@@H]2CC[C@H]21)C[C@@]1(CCCc2cc(Cl)ccc21)CO3. The van der Waals surface area contributed by atoms with Gasteiger partial charge in [-0.3, -0.25) is 19.0 Å². The summed E-state index contributed by atoms with van der Waals surface area (Å²) in [6, 6.07) is 11.4. The first kappa shape index (κ1) is 35.7. The molecule has 0 unspecified atom stereocenters. The zero-order valence-corrected chi connectivity index (χ0v) is 31.4. The molecule has 1 saturated carbocycles. The Bertz CT molecular complexity index is 2020. The van der Waals surface area contributed by atoms with Crippen molar-refractivity contribution in [1.29, 1.82) is 0 Å². The summed E-state index contributed by atoms with van der Waals surface area (Å²) in [5.41, 5.74) is 2.28. The number of aryl methyl sites for hydroxylation is 2. The van der Waals surface area contributed by atoms with Gasteiger partial charge in [-0.2, -0.15) is 5.10 Å². The van der Waals surface area contributed by atoms with E-state index in [4.69, 9.17) is 25.8 Å². The van der Waals surface area contributed by atoms with Gasteiger partial charge >= 0.3 is 0 Å². The third kappa shape index (κ3) is 6.71. The maximum absolute atomic E-state index is 15.1. The first-order chi connectivity index (χ1) is 24.3. The summed E-state index contributed by atoms with van der Waals surface area (Å²) in [5.74, 6) is -0.186. The van der Waals surface area contributed by atoms with Gasteiger partial charge < -0.3 is 19.1 Å². The molecule has 13 heteroatoms. The molecule has 2 aliphatic heterocycles. The Kier molecular flexibility index (Phi) is 9.58. The van der Waals surface area contributed by atoms with Gasteiger partial charge in [-0.05, 0) is 106 Å². The van der Waals surface area contributed by atoms with Crippen molar-refractivity contribution in [3.8, 4) is 5.75 Å². The van der Waals surface area contributed by atoms with Crippen molar-refractivity contribution in [3.63, 3.8) is 0 Å². The number of carbonyl (C=O) groups is 2. The number of nitrogens with zero attached hydrogens (tertiary/aromatic N) is 4. The quantitative estimate of drug-likeness (QED) is 0.327. The number of methoxy groups -OCH3 is 1. The van der Waals surface area contributed by atoms with Crippen LogP contribution in [0, 0.1) is 18.8 Å². The highest BCUT2D eigenvalue weighted by Crippen LogP contribution is 2.47. The number of carbonyl (C=O) groups excluding carboxylic acids is 2. The molecule has 4 aliphatic rings. The van der Waals surface area contributed by atoms with E-state index in [2.05, 4.69) is 31.2 Å². The van der Waals surface area contributed by atoms with E-state index in [-0.39, 0.29) is 34.5 Å². The van der Waals surface area contributed by atoms with Crippen molar-refractivity contribution >= 4 is 39.0 Å². The van der Waals surface area contributed by atoms with Crippen LogP contribution in [-0.4, -0.2) is 70.9 Å². The van der Waals surface area contributed by atoms with Crippen LogP contribution in [0.5, 0.6) is 5.75 Å². The zero-order chi connectivity index (χ0) is 36.1. The first-order valence-electron chi connectivity index (χ1n) is 17.6. The van der Waals surface area contributed by atoms with Crippen molar-refractivity contribution in [2.75, 3.05) is 38.3 Å². The van der Waals surface area contributed by atoms with Crippen LogP contribution in [0.4, 0.5) is 5.69 Å². The van der Waals surface area contributed by atoms with Crippen LogP contribution in [0.3, 0.4) is 0 Å². The Morgan fingerprint density at radius 1 is 1.18 bits per heavy atom. The second-order valence-corrected chi connectivity index (χ2v) is 17.2. The van der Waals surface area contributed by atoms with Crippen molar-refractivity contribution in [2.24, 2.45) is 23.2 Å². The summed E-state index contributed by atoms with van der Waals surface area (Å²) in [6.45, 7) is 6.87. The zero-order valence-electron chi connectivity index (χ0n) is 29.8. The molecule has 1 fully saturated rings. The van der Waals surface area contributed by atoms with E-state index in [1.54, 1.807) is 57.8 Å². The molecule has 272 valence electrons. The number of anilines is 1. The molecule has 1 spiro atoms. The molecule has 0 saturated heterocycles. The fourth-order valence-electron chi connectivity index (χ4n) is 7.97. The molecule has 2 aliphatic carbocycles. The molecule has 7 rings (SSSR count). The largest absolute Gasteiger partial charge is 0.490 e. The average molecular weight is 736 g/mol. The second-order valence-electron chi connectivity index (χ2n) is 14.8. The van der Waals surface area contributed by atoms with Gasteiger partial charge in [-0.1, -0.05) is 29.8 Å². The number of aromatic nitrogens is 2. The second kappa shape index (κ2) is 13.7. The van der Waals surface area contributed by atoms with E-state index in [9.17, 15) is 9.59 Å². The maximum atomic E-state index is 15.1. The molecule has 1 aromatic heterocycles. The van der Waals surface area contributed by atoms with E-state index in [0.29, 0.717) is 37.1 Å². The molecule has 2 aromatic carbocycles. The lowest BCUT2D eigenvalue weighted by atomic mass is 9.68. The van der Waals surface area contributed by atoms with Gasteiger partial charge in [0, 0.05) is 43.4 Å². The topological polar surface area (TPSA) is 124 Å². The van der Waals surface area contributed by atoms with Gasteiger partial charge in [0.1, 0.15) is 11.4 Å². The molecule has 3 aromatic rings. The van der Waals surface area contributed by atoms with Crippen LogP contribution in [0.15, 0.2) is 64.0 Å². The number of fused-ring (bicyclic) bond motifs is 4. The molecule has 11 nitrogen and oxygen atoms in total. The summed E-state index contributed by atoms with van der Waals surface area (Å²) in [6.07, 6.45) is 10.1. The normalized spacial score (nSPS) is 28.8. The van der Waals surface area contributed by atoms with Crippen molar-refractivity contribution in [2.45, 2.75) is 74.9 Å². The minimum atomic E-state index is -3.89. The van der Waals surface area contributed by atoms with Crippen LogP contribution >= 0.6 is 11.6 Å². The Balaban J connectivity index is 1.38. The third-order valence-corrected chi connectivity index (χ3v) is 13.3. The van der Waals surface area contributed by atoms with Gasteiger partial charge in [-0.25, -0.2) is 4.21 Å². The highest BCUT2D eigenvalue weighted by molar-refractivity contribution is 7.92. The molecule has 51 heavy (non-hydrogen) atoms. The van der Waals surface area contributed by atoms with Gasteiger partial charge in [0.05, 0.1) is 41.7 Å². The highest BCUT2D eigenvalue weighted by atomic mass is 35.5. The van der Waals surface area contributed by atoms with Crippen LogP contribution in [0.1, 0.15) is 66.7 Å². The summed E-state index contributed by atoms with van der Waals surface area (Å²) < 4.78 is 42.2. The Morgan fingerprint density at radius 3 is 2.73 bits per heavy atom. The smallest absolute Gasteiger partial charge is 0.287 e. The summed E-state index contributed by atoms with van der Waals surface area (Å²) in [4.78, 5) is 30.1. The Labute approximate surface area is 305 Å². The summed E-state index contributed by atoms with van der Waals surface area (Å²) in [7, 11) is -0.443. The first-order valence-corrected chi connectivity index (χ1v) is 19.5. The fraction of sp³-hybridized carbons (Fsp3) is 0.500. The maximum Gasteiger partial charge on any atom is 0.287 e. The summed E-state index contributed by atoms with van der Waals surface area (Å²) >= 11 is 6.47. The highest BCUT2D eigenvalue weighted by Gasteiger charge is 2.45. The van der Waals surface area contributed by atoms with Gasteiger partial charge in [0.2, 0.25) is 0 Å². The average Bonchev–Trinajstić information content (AvgIpc) is 3.34. The number of hydrogen-bond acceptors (Lipinski definition) is 8. The standard InChI is InChI=1S/C38H46ClN5O6S/c1-24-30(20-40-43(24)4)35(45)41-51(47)28-12-15-34-32(19-28)44(22-38(23-49-34)16-6-8-25-18-27(39)11-14-31(25)38)21-26-10-13-29(26)33(48-5)9-7-17-50-37(2,3)36(46)42-51/h7,9,11-12,14-15,18-20,26,29,33H,6,8,10,13,16-17,21-23H2,1-5H3,(H,41,42,45,46,47)/t26-,29+,33+,38-,51-/m0/s1. The van der Waals surface area contributed by atoms with E-state index < -0.39 is 27.3 Å². The Morgan fingerprint density at radius 2 is 2.00 bits per heavy atom. The van der Waals surface area contributed by atoms with Gasteiger partial charge in [0.15, 0.2) is 9.92 Å². The predicted octanol–water partition coefficient (Wildman–Crippen LogP) is 5.96. The monoisotopic (exact) mass is 735 g/mol. The lowest BCUT2D eigenvalue weighted by Gasteiger charge is -2.46. The fourth-order valence-corrected chi connectivity index (χ4v) is 9.77. The van der Waals surface area contributed by atoms with E-state index in [1.165, 1.54) is 17.3 Å². The lowest BCUT2D eigenvalue weighted by molar-refractivity contribution is -0.137. The van der Waals surface area contributed by atoms with Crippen molar-refractivity contribution in [1.82, 2.24) is 14.5 Å². The number of benzene rings is 2. The Hall–Kier alpha value is -3.71. The minimum Gasteiger partial charge on any atom is -0.490 e. The molecule has 0 radical (unpaired) electrons. The minimum absolute atomic E-state index is 0.117. The van der Waals surface area contributed by atoms with Crippen LogP contribution in [0.2, 0.25) is 5.02 Å². The molecular formula is C38H46ClN5O6S. The third-order valence-electron chi connectivity index (χ3n) is 11.3. The van der Waals surface area contributed by atoms with E-state index in [1.807, 2.05) is 18.2 Å². The molecule has 5 atom stereocenters. The molecule has 2 amide bonds. The van der Waals surface area contributed by atoms with Crippen molar-refractivity contribution < 1.29 is 28.0 Å². The lowest BCUT2D eigenvalue weighted by Crippen LogP contribution is -2.49. The van der Waals surface area contributed by atoms with Crippen LogP contribution in [0.25, 0.3) is 0 Å². The number of rotatable bonds is 3. The predicted molar refractivity (Wildman–Crippen MR) is 196 cm³/mol. The number of hydrogen-bond donors (Lipinski definition) is 1. The van der Waals surface area contributed by atoms with E-state index >= 15 is 4.21 Å². The van der Waals surface area contributed by atoms with Gasteiger partial charge in [-0.15, -0.1) is 4.36 Å².